The number of fused-ring (bicyclic) bond motifs is 1. The van der Waals surface area contributed by atoms with Gasteiger partial charge in [0.05, 0.1) is 11.3 Å². The molecule has 1 aromatic carbocycles. The highest BCUT2D eigenvalue weighted by atomic mass is 79.9. The van der Waals surface area contributed by atoms with E-state index in [0.29, 0.717) is 17.9 Å². The monoisotopic (exact) mass is 323 g/mol. The van der Waals surface area contributed by atoms with Crippen molar-refractivity contribution in [2.75, 3.05) is 0 Å². The van der Waals surface area contributed by atoms with E-state index in [9.17, 15) is 4.39 Å². The summed E-state index contributed by atoms with van der Waals surface area (Å²) in [5, 5.41) is 0. The molecule has 19 heavy (non-hydrogen) atoms. The van der Waals surface area contributed by atoms with Gasteiger partial charge in [0.15, 0.2) is 0 Å². The van der Waals surface area contributed by atoms with Crippen molar-refractivity contribution >= 4 is 15.9 Å². The van der Waals surface area contributed by atoms with Gasteiger partial charge in [0.2, 0.25) is 0 Å². The average Bonchev–Trinajstić information content (AvgIpc) is 2.80. The van der Waals surface area contributed by atoms with Crippen LogP contribution in [0.5, 0.6) is 0 Å². The maximum atomic E-state index is 14.0. The van der Waals surface area contributed by atoms with Crippen LogP contribution in [0.25, 0.3) is 11.4 Å². The Bertz CT molecular complexity index is 621. The molecule has 1 aliphatic rings. The van der Waals surface area contributed by atoms with E-state index in [1.807, 2.05) is 0 Å². The molecule has 0 saturated carbocycles. The summed E-state index contributed by atoms with van der Waals surface area (Å²) < 4.78 is 17.0. The first-order valence-electron chi connectivity index (χ1n) is 6.44. The molecule has 0 radical (unpaired) electrons. The van der Waals surface area contributed by atoms with Gasteiger partial charge in [0.1, 0.15) is 11.6 Å². The molecule has 0 bridgehead atoms. The Labute approximate surface area is 119 Å². The Morgan fingerprint density at radius 3 is 3.00 bits per heavy atom. The second-order valence-corrected chi connectivity index (χ2v) is 5.68. The fourth-order valence-electron chi connectivity index (χ4n) is 2.66. The van der Waals surface area contributed by atoms with Crippen LogP contribution in [0.3, 0.4) is 0 Å². The number of nitrogens with two attached hydrogens (primary N) is 1. The highest BCUT2D eigenvalue weighted by Gasteiger charge is 2.21. The largest absolute Gasteiger partial charge is 0.328 e. The molecule has 0 atom stereocenters. The van der Waals surface area contributed by atoms with Crippen LogP contribution in [-0.4, -0.2) is 9.55 Å². The Morgan fingerprint density at radius 2 is 2.21 bits per heavy atom. The van der Waals surface area contributed by atoms with Gasteiger partial charge in [-0.3, -0.25) is 0 Å². The summed E-state index contributed by atoms with van der Waals surface area (Å²) in [6, 6.07) is 4.94. The van der Waals surface area contributed by atoms with Crippen LogP contribution in [0, 0.1) is 5.82 Å². The zero-order valence-electron chi connectivity index (χ0n) is 10.5. The first kappa shape index (κ1) is 12.8. The van der Waals surface area contributed by atoms with Gasteiger partial charge in [0, 0.05) is 23.3 Å². The lowest BCUT2D eigenvalue weighted by Crippen LogP contribution is -2.13. The van der Waals surface area contributed by atoms with Crippen LogP contribution in [0.1, 0.15) is 24.2 Å². The minimum Gasteiger partial charge on any atom is -0.328 e. The highest BCUT2D eigenvalue weighted by Crippen LogP contribution is 2.30. The minimum atomic E-state index is -0.245. The molecule has 3 rings (SSSR count). The normalized spacial score (nSPS) is 14.5. The van der Waals surface area contributed by atoms with E-state index < -0.39 is 0 Å². The van der Waals surface area contributed by atoms with Gasteiger partial charge < -0.3 is 10.3 Å². The van der Waals surface area contributed by atoms with Crippen molar-refractivity contribution in [1.82, 2.24) is 9.55 Å². The predicted molar refractivity (Wildman–Crippen MR) is 76.2 cm³/mol. The van der Waals surface area contributed by atoms with Gasteiger partial charge in [-0.15, -0.1) is 0 Å². The van der Waals surface area contributed by atoms with Crippen LogP contribution >= 0.6 is 15.9 Å². The number of nitrogens with zero attached hydrogens (tertiary/aromatic N) is 2. The van der Waals surface area contributed by atoms with E-state index in [2.05, 4.69) is 25.5 Å². The van der Waals surface area contributed by atoms with Crippen molar-refractivity contribution in [2.24, 2.45) is 5.73 Å². The van der Waals surface area contributed by atoms with Gasteiger partial charge >= 0.3 is 0 Å². The number of rotatable bonds is 2. The summed E-state index contributed by atoms with van der Waals surface area (Å²) in [6.45, 7) is 1.30. The van der Waals surface area contributed by atoms with Crippen molar-refractivity contribution in [1.29, 1.82) is 0 Å². The molecular formula is C14H15BrFN3. The van der Waals surface area contributed by atoms with Crippen LogP contribution in [0.15, 0.2) is 22.7 Å². The Morgan fingerprint density at radius 1 is 1.37 bits per heavy atom. The van der Waals surface area contributed by atoms with Crippen molar-refractivity contribution in [3.05, 3.63) is 39.9 Å². The first-order valence-corrected chi connectivity index (χ1v) is 7.24. The van der Waals surface area contributed by atoms with Crippen molar-refractivity contribution in [3.8, 4) is 11.4 Å². The van der Waals surface area contributed by atoms with E-state index in [4.69, 9.17) is 5.73 Å². The molecule has 0 amide bonds. The SMILES string of the molecule is NCc1nc(-c2cc(Br)ccc2F)n2c1CCCC2. The van der Waals surface area contributed by atoms with Crippen LogP contribution in [-0.2, 0) is 19.5 Å². The van der Waals surface area contributed by atoms with Crippen LogP contribution in [0.4, 0.5) is 4.39 Å². The second kappa shape index (κ2) is 5.06. The lowest BCUT2D eigenvalue weighted by atomic mass is 10.1. The van der Waals surface area contributed by atoms with E-state index in [1.165, 1.54) is 11.8 Å². The van der Waals surface area contributed by atoms with E-state index in [1.54, 1.807) is 12.1 Å². The lowest BCUT2D eigenvalue weighted by Gasteiger charge is -2.17. The molecule has 0 spiro atoms. The first-order chi connectivity index (χ1) is 9.20. The lowest BCUT2D eigenvalue weighted by molar-refractivity contribution is 0.531. The second-order valence-electron chi connectivity index (χ2n) is 4.77. The summed E-state index contributed by atoms with van der Waals surface area (Å²) >= 11 is 3.39. The van der Waals surface area contributed by atoms with Gasteiger partial charge in [-0.2, -0.15) is 0 Å². The van der Waals surface area contributed by atoms with E-state index in [-0.39, 0.29) is 5.82 Å². The maximum absolute atomic E-state index is 14.0. The molecule has 0 aliphatic carbocycles. The molecule has 1 aromatic heterocycles. The maximum Gasteiger partial charge on any atom is 0.143 e. The number of hydrogen-bond donors (Lipinski definition) is 1. The zero-order valence-corrected chi connectivity index (χ0v) is 12.1. The molecule has 100 valence electrons. The summed E-state index contributed by atoms with van der Waals surface area (Å²) in [7, 11) is 0. The average molecular weight is 324 g/mol. The van der Waals surface area contributed by atoms with E-state index >= 15 is 0 Å². The number of benzene rings is 1. The Balaban J connectivity index is 2.19. The highest BCUT2D eigenvalue weighted by molar-refractivity contribution is 9.10. The summed E-state index contributed by atoms with van der Waals surface area (Å²) in [5.74, 6) is 0.457. The van der Waals surface area contributed by atoms with Crippen molar-refractivity contribution in [2.45, 2.75) is 32.4 Å². The number of imidazole rings is 1. The molecule has 0 fully saturated rings. The summed E-state index contributed by atoms with van der Waals surface area (Å²) in [4.78, 5) is 4.56. The molecule has 0 unspecified atom stereocenters. The topological polar surface area (TPSA) is 43.8 Å². The van der Waals surface area contributed by atoms with E-state index in [0.717, 1.165) is 36.0 Å². The number of halogens is 2. The molecule has 2 aromatic rings. The Kier molecular flexibility index (Phi) is 3.41. The van der Waals surface area contributed by atoms with Gasteiger partial charge in [-0.05, 0) is 37.5 Å². The van der Waals surface area contributed by atoms with Crippen LogP contribution < -0.4 is 5.73 Å². The van der Waals surface area contributed by atoms with Crippen molar-refractivity contribution < 1.29 is 4.39 Å². The third kappa shape index (κ3) is 2.21. The quantitative estimate of drug-likeness (QED) is 0.922. The standard InChI is InChI=1S/C14H15BrFN3/c15-9-4-5-11(16)10(7-9)14-18-12(8-17)13-3-1-2-6-19(13)14/h4-5,7H,1-3,6,8,17H2. The molecule has 5 heteroatoms. The predicted octanol–water partition coefficient (Wildman–Crippen LogP) is 3.25. The third-order valence-corrected chi connectivity index (χ3v) is 4.06. The molecule has 3 nitrogen and oxygen atoms in total. The molecule has 1 aliphatic heterocycles. The number of hydrogen-bond acceptors (Lipinski definition) is 2. The zero-order chi connectivity index (χ0) is 13.4. The third-order valence-electron chi connectivity index (χ3n) is 3.56. The molecule has 0 saturated heterocycles. The summed E-state index contributed by atoms with van der Waals surface area (Å²) in [5.41, 5.74) is 8.36. The minimum absolute atomic E-state index is 0.245. The molecule has 2 heterocycles. The van der Waals surface area contributed by atoms with Crippen molar-refractivity contribution in [3.63, 3.8) is 0 Å². The molecule has 2 N–H and O–H groups in total. The van der Waals surface area contributed by atoms with Crippen LogP contribution in [0.2, 0.25) is 0 Å². The molecular weight excluding hydrogens is 309 g/mol. The smallest absolute Gasteiger partial charge is 0.143 e. The fraction of sp³-hybridized carbons (Fsp3) is 0.357. The van der Waals surface area contributed by atoms with Gasteiger partial charge in [-0.1, -0.05) is 15.9 Å². The number of aromatic nitrogens is 2. The fourth-order valence-corrected chi connectivity index (χ4v) is 3.02. The Hall–Kier alpha value is -1.20. The van der Waals surface area contributed by atoms with Gasteiger partial charge in [0.25, 0.3) is 0 Å². The summed E-state index contributed by atoms with van der Waals surface area (Å²) in [6.07, 6.45) is 3.24. The van der Waals surface area contributed by atoms with Gasteiger partial charge in [-0.25, -0.2) is 9.37 Å².